The maximum absolute atomic E-state index is 5.73. The van der Waals surface area contributed by atoms with Gasteiger partial charge in [-0.05, 0) is 55.8 Å². The van der Waals surface area contributed by atoms with Gasteiger partial charge in [-0.1, -0.05) is 0 Å². The lowest BCUT2D eigenvalue weighted by atomic mass is 9.89. The van der Waals surface area contributed by atoms with Crippen LogP contribution in [0.15, 0.2) is 36.4 Å². The van der Waals surface area contributed by atoms with Gasteiger partial charge in [-0.3, -0.25) is 0 Å². The first-order chi connectivity index (χ1) is 11.8. The average Bonchev–Trinajstić information content (AvgIpc) is 2.62. The Morgan fingerprint density at radius 2 is 1.75 bits per heavy atom. The minimum Gasteiger partial charge on any atom is -0.494 e. The molecule has 0 unspecified atom stereocenters. The molecule has 0 bridgehead atoms. The SMILES string of the molecule is CCOc1ccc([C@H]2[NH2+]CCc3cc(OCC)c(OC)cc32)cc1. The molecule has 0 saturated carbocycles. The van der Waals surface area contributed by atoms with Gasteiger partial charge in [-0.15, -0.1) is 0 Å². The van der Waals surface area contributed by atoms with Crippen LogP contribution in [0.2, 0.25) is 0 Å². The number of benzene rings is 2. The normalized spacial score (nSPS) is 16.4. The minimum absolute atomic E-state index is 0.286. The van der Waals surface area contributed by atoms with Gasteiger partial charge in [-0.25, -0.2) is 0 Å². The fraction of sp³-hybridized carbons (Fsp3) is 0.400. The van der Waals surface area contributed by atoms with Crippen LogP contribution in [0.25, 0.3) is 0 Å². The number of rotatable bonds is 6. The van der Waals surface area contributed by atoms with E-state index in [0.29, 0.717) is 13.2 Å². The van der Waals surface area contributed by atoms with Crippen molar-refractivity contribution in [2.75, 3.05) is 26.9 Å². The number of fused-ring (bicyclic) bond motifs is 1. The summed E-state index contributed by atoms with van der Waals surface area (Å²) in [6.45, 7) is 6.40. The molecule has 2 aromatic carbocycles. The Kier molecular flexibility index (Phi) is 5.26. The summed E-state index contributed by atoms with van der Waals surface area (Å²) in [4.78, 5) is 0. The highest BCUT2D eigenvalue weighted by Gasteiger charge is 2.27. The van der Waals surface area contributed by atoms with E-state index < -0.39 is 0 Å². The van der Waals surface area contributed by atoms with E-state index in [2.05, 4.69) is 29.6 Å². The first-order valence-corrected chi connectivity index (χ1v) is 8.66. The zero-order chi connectivity index (χ0) is 16.9. The molecule has 1 atom stereocenters. The molecule has 0 aromatic heterocycles. The second-order valence-electron chi connectivity index (χ2n) is 5.89. The number of hydrogen-bond acceptors (Lipinski definition) is 3. The molecule has 0 aliphatic carbocycles. The van der Waals surface area contributed by atoms with Gasteiger partial charge in [-0.2, -0.15) is 0 Å². The Morgan fingerprint density at radius 1 is 1.00 bits per heavy atom. The highest BCUT2D eigenvalue weighted by molar-refractivity contribution is 5.50. The molecule has 1 aliphatic rings. The van der Waals surface area contributed by atoms with Crippen LogP contribution in [0, 0.1) is 0 Å². The topological polar surface area (TPSA) is 44.3 Å². The third-order valence-electron chi connectivity index (χ3n) is 4.43. The Labute approximate surface area is 143 Å². The van der Waals surface area contributed by atoms with Crippen molar-refractivity contribution in [2.24, 2.45) is 0 Å². The predicted molar refractivity (Wildman–Crippen MR) is 94.1 cm³/mol. The van der Waals surface area contributed by atoms with Gasteiger partial charge >= 0.3 is 0 Å². The molecule has 0 saturated heterocycles. The number of ether oxygens (including phenoxy) is 3. The van der Waals surface area contributed by atoms with Gasteiger partial charge in [0.05, 0.1) is 26.9 Å². The van der Waals surface area contributed by atoms with Crippen LogP contribution in [0.4, 0.5) is 0 Å². The third-order valence-corrected chi connectivity index (χ3v) is 4.43. The Morgan fingerprint density at radius 3 is 2.42 bits per heavy atom. The summed E-state index contributed by atoms with van der Waals surface area (Å²) in [6.07, 6.45) is 1.05. The van der Waals surface area contributed by atoms with E-state index in [4.69, 9.17) is 14.2 Å². The summed E-state index contributed by atoms with van der Waals surface area (Å²) in [5.74, 6) is 2.56. The van der Waals surface area contributed by atoms with Crippen molar-refractivity contribution in [3.8, 4) is 17.2 Å². The average molecular weight is 328 g/mol. The summed E-state index contributed by atoms with van der Waals surface area (Å²) in [5.41, 5.74) is 3.94. The van der Waals surface area contributed by atoms with Crippen molar-refractivity contribution < 1.29 is 19.5 Å². The summed E-state index contributed by atoms with van der Waals surface area (Å²) in [5, 5.41) is 2.39. The molecule has 4 heteroatoms. The molecule has 4 nitrogen and oxygen atoms in total. The monoisotopic (exact) mass is 328 g/mol. The minimum atomic E-state index is 0.286. The van der Waals surface area contributed by atoms with E-state index in [1.807, 2.05) is 26.0 Å². The lowest BCUT2D eigenvalue weighted by Gasteiger charge is -2.26. The van der Waals surface area contributed by atoms with Crippen LogP contribution < -0.4 is 19.5 Å². The predicted octanol–water partition coefficient (Wildman–Crippen LogP) is 2.70. The quantitative estimate of drug-likeness (QED) is 0.887. The lowest BCUT2D eigenvalue weighted by molar-refractivity contribution is -0.690. The fourth-order valence-corrected chi connectivity index (χ4v) is 3.34. The highest BCUT2D eigenvalue weighted by Crippen LogP contribution is 2.36. The fourth-order valence-electron chi connectivity index (χ4n) is 3.34. The van der Waals surface area contributed by atoms with Gasteiger partial charge in [0.25, 0.3) is 0 Å². The summed E-state index contributed by atoms with van der Waals surface area (Å²) >= 11 is 0. The Hall–Kier alpha value is -2.20. The van der Waals surface area contributed by atoms with Gasteiger partial charge in [0.1, 0.15) is 11.8 Å². The molecule has 0 radical (unpaired) electrons. The van der Waals surface area contributed by atoms with Crippen LogP contribution in [0.5, 0.6) is 17.2 Å². The van der Waals surface area contributed by atoms with E-state index in [1.54, 1.807) is 7.11 Å². The van der Waals surface area contributed by atoms with E-state index in [1.165, 1.54) is 16.7 Å². The summed E-state index contributed by atoms with van der Waals surface area (Å²) in [7, 11) is 1.70. The standard InChI is InChI=1S/C20H25NO3/c1-4-23-16-8-6-14(7-9-16)20-17-13-18(22-3)19(24-5-2)12-15(17)10-11-21-20/h6-9,12-13,20-21H,4-5,10-11H2,1-3H3/p+1/t20-/m1/s1. The van der Waals surface area contributed by atoms with Crippen molar-refractivity contribution in [2.45, 2.75) is 26.3 Å². The maximum atomic E-state index is 5.73. The van der Waals surface area contributed by atoms with Gasteiger partial charge in [0, 0.05) is 17.5 Å². The molecule has 128 valence electrons. The van der Waals surface area contributed by atoms with E-state index >= 15 is 0 Å². The van der Waals surface area contributed by atoms with Crippen molar-refractivity contribution in [3.63, 3.8) is 0 Å². The van der Waals surface area contributed by atoms with E-state index in [-0.39, 0.29) is 6.04 Å². The van der Waals surface area contributed by atoms with Crippen LogP contribution in [0.3, 0.4) is 0 Å². The lowest BCUT2D eigenvalue weighted by Crippen LogP contribution is -2.87. The molecule has 2 aromatic rings. The molecule has 0 fully saturated rings. The number of quaternary nitrogens is 1. The Balaban J connectivity index is 1.95. The smallest absolute Gasteiger partial charge is 0.161 e. The molecule has 3 rings (SSSR count). The van der Waals surface area contributed by atoms with Gasteiger partial charge < -0.3 is 19.5 Å². The largest absolute Gasteiger partial charge is 0.494 e. The zero-order valence-corrected chi connectivity index (χ0v) is 14.7. The molecular formula is C20H26NO3+. The highest BCUT2D eigenvalue weighted by atomic mass is 16.5. The second kappa shape index (κ2) is 7.58. The number of methoxy groups -OCH3 is 1. The van der Waals surface area contributed by atoms with E-state index in [0.717, 1.165) is 30.2 Å². The van der Waals surface area contributed by atoms with Crippen LogP contribution in [0.1, 0.15) is 36.6 Å². The first kappa shape index (κ1) is 16.7. The molecule has 1 aliphatic heterocycles. The van der Waals surface area contributed by atoms with Crippen molar-refractivity contribution in [1.29, 1.82) is 0 Å². The first-order valence-electron chi connectivity index (χ1n) is 8.66. The molecule has 2 N–H and O–H groups in total. The molecular weight excluding hydrogens is 302 g/mol. The third kappa shape index (κ3) is 3.34. The molecule has 1 heterocycles. The van der Waals surface area contributed by atoms with Crippen molar-refractivity contribution >= 4 is 0 Å². The van der Waals surface area contributed by atoms with Crippen LogP contribution in [-0.4, -0.2) is 26.9 Å². The maximum Gasteiger partial charge on any atom is 0.161 e. The second-order valence-corrected chi connectivity index (χ2v) is 5.89. The van der Waals surface area contributed by atoms with Gasteiger partial charge in [0.15, 0.2) is 11.5 Å². The van der Waals surface area contributed by atoms with Crippen molar-refractivity contribution in [1.82, 2.24) is 0 Å². The molecule has 0 spiro atoms. The van der Waals surface area contributed by atoms with Gasteiger partial charge in [0.2, 0.25) is 0 Å². The van der Waals surface area contributed by atoms with E-state index in [9.17, 15) is 0 Å². The zero-order valence-electron chi connectivity index (χ0n) is 14.7. The van der Waals surface area contributed by atoms with Crippen LogP contribution in [-0.2, 0) is 6.42 Å². The van der Waals surface area contributed by atoms with Crippen LogP contribution >= 0.6 is 0 Å². The number of nitrogens with two attached hydrogens (primary N) is 1. The summed E-state index contributed by atoms with van der Waals surface area (Å²) < 4.78 is 16.8. The summed E-state index contributed by atoms with van der Waals surface area (Å²) in [6, 6.07) is 13.0. The Bertz CT molecular complexity index is 682. The number of hydrogen-bond donors (Lipinski definition) is 1. The van der Waals surface area contributed by atoms with Crippen molar-refractivity contribution in [3.05, 3.63) is 53.1 Å². The molecule has 0 amide bonds. The molecule has 24 heavy (non-hydrogen) atoms.